The van der Waals surface area contributed by atoms with Crippen LogP contribution in [0.5, 0.6) is 0 Å². The number of carbonyl (C=O) groups is 8. The number of likely N-dealkylation sites (tertiary alicyclic amines) is 3. The first-order chi connectivity index (χ1) is 24.9. The third-order valence-corrected chi connectivity index (χ3v) is 8.14. The van der Waals surface area contributed by atoms with E-state index < -0.39 is 48.2 Å². The van der Waals surface area contributed by atoms with Crippen LogP contribution in [0.4, 0.5) is 0 Å². The third-order valence-electron chi connectivity index (χ3n) is 8.14. The molecule has 54 heavy (non-hydrogen) atoms. The molecule has 3 aliphatic heterocycles. The molecule has 6 N–H and O–H groups in total. The third kappa shape index (κ3) is 51.9. The summed E-state index contributed by atoms with van der Waals surface area (Å²) in [6, 6.07) is 0. The summed E-state index contributed by atoms with van der Waals surface area (Å²) >= 11 is 0. The molecule has 0 atom stereocenters. The molecule has 314 valence electrons. The lowest BCUT2D eigenvalue weighted by atomic mass is 10.00. The normalized spacial score (nSPS) is 22.4. The van der Waals surface area contributed by atoms with E-state index in [4.69, 9.17) is 30.0 Å². The van der Waals surface area contributed by atoms with Gasteiger partial charge >= 0.3 is 17.9 Å². The topological polar surface area (TPSA) is 303 Å². The maximum absolute atomic E-state index is 10.1. The molecule has 0 bridgehead atoms. The van der Waals surface area contributed by atoms with Crippen LogP contribution in [0.1, 0.15) is 91.9 Å². The first kappa shape index (κ1) is 56.3. The van der Waals surface area contributed by atoms with Crippen LogP contribution in [0.3, 0.4) is 0 Å². The highest BCUT2D eigenvalue weighted by Crippen LogP contribution is 2.07. The average molecular weight is 779 g/mol. The lowest BCUT2D eigenvalue weighted by Gasteiger charge is -2.23. The van der Waals surface area contributed by atoms with E-state index in [1.54, 1.807) is 14.7 Å². The van der Waals surface area contributed by atoms with Crippen molar-refractivity contribution in [2.24, 2.45) is 17.8 Å². The van der Waals surface area contributed by atoms with E-state index in [2.05, 4.69) is 41.9 Å². The second-order valence-electron chi connectivity index (χ2n) is 13.8. The minimum atomic E-state index is -2.07. The van der Waals surface area contributed by atoms with E-state index in [1.165, 1.54) is 84.7 Å². The summed E-state index contributed by atoms with van der Waals surface area (Å²) in [6.07, 6.45) is 8.72. The summed E-state index contributed by atoms with van der Waals surface area (Å²) < 4.78 is 0. The number of nitrogens with one attached hydrogen (secondary N) is 3. The molecule has 0 aromatic heterocycles. The van der Waals surface area contributed by atoms with E-state index in [-0.39, 0.29) is 25.0 Å². The van der Waals surface area contributed by atoms with Gasteiger partial charge in [0.1, 0.15) is 5.78 Å². The molecule has 3 saturated heterocycles. The highest BCUT2D eigenvalue weighted by molar-refractivity contribution is 6.26. The van der Waals surface area contributed by atoms with E-state index in [9.17, 15) is 44.1 Å². The van der Waals surface area contributed by atoms with Gasteiger partial charge in [-0.15, -0.1) is 0 Å². The number of carboxylic acids is 7. The van der Waals surface area contributed by atoms with Crippen molar-refractivity contribution in [2.45, 2.75) is 91.9 Å². The first-order valence-corrected chi connectivity index (χ1v) is 18.0. The van der Waals surface area contributed by atoms with Crippen LogP contribution in [0.2, 0.25) is 0 Å². The van der Waals surface area contributed by atoms with Gasteiger partial charge in [-0.25, -0.2) is 9.59 Å². The highest BCUT2D eigenvalue weighted by atomic mass is 16.4. The van der Waals surface area contributed by atoms with E-state index in [1.807, 2.05) is 0 Å². The van der Waals surface area contributed by atoms with Gasteiger partial charge in [0.15, 0.2) is 5.97 Å². The Hall–Kier alpha value is -4.42. The molecule has 0 amide bonds. The monoisotopic (exact) mass is 778 g/mol. The summed E-state index contributed by atoms with van der Waals surface area (Å²) in [7, 11) is 6.85. The lowest BCUT2D eigenvalue weighted by Crippen LogP contribution is -3.10. The molecule has 0 aromatic rings. The van der Waals surface area contributed by atoms with E-state index in [0.29, 0.717) is 12.2 Å². The Balaban J connectivity index is -0.000000271. The Morgan fingerprint density at radius 2 is 0.815 bits per heavy atom. The number of rotatable bonds is 8. The molecule has 0 aromatic carbocycles. The molecule has 0 radical (unpaired) electrons. The minimum Gasteiger partial charge on any atom is -0.550 e. The molecule has 0 saturated carbocycles. The van der Waals surface area contributed by atoms with Gasteiger partial charge < -0.3 is 74.4 Å². The second-order valence-corrected chi connectivity index (χ2v) is 13.8. The van der Waals surface area contributed by atoms with Gasteiger partial charge in [0.25, 0.3) is 0 Å². The number of ketones is 1. The molecule has 0 unspecified atom stereocenters. The molecule has 3 aliphatic rings. The van der Waals surface area contributed by atoms with Gasteiger partial charge in [0.05, 0.1) is 72.8 Å². The van der Waals surface area contributed by atoms with Crippen LogP contribution in [0, 0.1) is 17.8 Å². The van der Waals surface area contributed by atoms with Crippen molar-refractivity contribution in [3.05, 3.63) is 12.2 Å². The predicted octanol–water partition coefficient (Wildman–Crippen LogP) is -6.30. The molecule has 0 aliphatic carbocycles. The number of carboxylic acid groups (broad SMARTS) is 7. The van der Waals surface area contributed by atoms with Crippen LogP contribution in [0.25, 0.3) is 0 Å². The fourth-order valence-electron chi connectivity index (χ4n) is 4.39. The number of Topliss-reactive ketones (excluding diaryl/α,β-unsaturated/α-hetero) is 1. The summed E-state index contributed by atoms with van der Waals surface area (Å²) in [5, 5.41) is 60.6. The molecular formula is C36H64N3O15-. The maximum Gasteiger partial charge on any atom is 0.351 e. The van der Waals surface area contributed by atoms with Crippen LogP contribution in [-0.4, -0.2) is 123 Å². The number of aliphatic carboxylic acids is 7. The molecule has 18 heteroatoms. The Kier molecular flexibility index (Phi) is 37.1. The zero-order valence-electron chi connectivity index (χ0n) is 32.9. The largest absolute Gasteiger partial charge is 0.550 e. The standard InChI is InChI=1S/3C7H15N.C5H8O3.C4H6O4.C4H4O4.C2H2O4/c3*1-7-3-5-8(2)6-4-7;1-4(6)2-3-5(7)8;2*5-3(6)1-2-4(7)8;3-1(4)2(5)6/h3*7H,3-6H2,1-2H3;2-3H2,1H3,(H,7,8);1-2H2,(H,5,6)(H,7,8);1-2H,(H,5,6)(H,7,8);(H,3,4)(H,5,6)/p-1/b;;;;;2-1+;. The maximum atomic E-state index is 10.1. The van der Waals surface area contributed by atoms with Crippen molar-refractivity contribution in [3.8, 4) is 0 Å². The molecule has 3 heterocycles. The van der Waals surface area contributed by atoms with Gasteiger partial charge in [-0.05, 0) is 82.1 Å². The Labute approximate surface area is 318 Å². The van der Waals surface area contributed by atoms with Crippen molar-refractivity contribution >= 4 is 47.6 Å². The van der Waals surface area contributed by atoms with Crippen molar-refractivity contribution in [3.63, 3.8) is 0 Å². The summed E-state index contributed by atoms with van der Waals surface area (Å²) in [5.74, 6) is -7.54. The number of hydrogen-bond acceptors (Lipinski definition) is 12. The Morgan fingerprint density at radius 3 is 0.926 bits per heavy atom. The van der Waals surface area contributed by atoms with Gasteiger partial charge in [0.2, 0.25) is 0 Å². The number of carbonyl (C=O) groups excluding carboxylic acids is 5. The smallest absolute Gasteiger partial charge is 0.351 e. The predicted molar refractivity (Wildman–Crippen MR) is 186 cm³/mol. The number of piperidine rings is 3. The summed E-state index contributed by atoms with van der Waals surface area (Å²) in [5.41, 5.74) is 0. The second kappa shape index (κ2) is 35.6. The Morgan fingerprint density at radius 1 is 0.537 bits per heavy atom. The van der Waals surface area contributed by atoms with Gasteiger partial charge in [0, 0.05) is 24.4 Å². The molecule has 3 fully saturated rings. The fourth-order valence-corrected chi connectivity index (χ4v) is 4.39. The fraction of sp³-hybridized carbons (Fsp3) is 0.722. The van der Waals surface area contributed by atoms with Crippen molar-refractivity contribution in [1.82, 2.24) is 0 Å². The van der Waals surface area contributed by atoms with Gasteiger partial charge in [-0.2, -0.15) is 0 Å². The summed E-state index contributed by atoms with van der Waals surface area (Å²) in [6.45, 7) is 16.8. The molecule has 3 rings (SSSR count). The van der Waals surface area contributed by atoms with Gasteiger partial charge in [-0.3, -0.25) is 4.79 Å². The molecule has 18 nitrogen and oxygen atoms in total. The number of hydrogen-bond donors (Lipinski definition) is 6. The minimum absolute atomic E-state index is 0.0856. The van der Waals surface area contributed by atoms with Crippen molar-refractivity contribution < 1.29 is 88.8 Å². The zero-order chi connectivity index (χ0) is 42.8. The first-order valence-electron chi connectivity index (χ1n) is 18.0. The lowest BCUT2D eigenvalue weighted by molar-refractivity contribution is -0.885. The van der Waals surface area contributed by atoms with Crippen molar-refractivity contribution in [2.75, 3.05) is 60.4 Å². The summed E-state index contributed by atoms with van der Waals surface area (Å²) in [4.78, 5) is 81.0. The van der Waals surface area contributed by atoms with E-state index >= 15 is 0 Å². The highest BCUT2D eigenvalue weighted by Gasteiger charge is 2.15. The van der Waals surface area contributed by atoms with Crippen LogP contribution in [-0.2, 0) is 38.4 Å². The van der Waals surface area contributed by atoms with Crippen LogP contribution in [0.15, 0.2) is 12.2 Å². The molecule has 0 spiro atoms. The number of quaternary nitrogens is 3. The van der Waals surface area contributed by atoms with Crippen molar-refractivity contribution in [1.29, 1.82) is 0 Å². The van der Waals surface area contributed by atoms with Crippen LogP contribution >= 0.6 is 0 Å². The van der Waals surface area contributed by atoms with Gasteiger partial charge in [-0.1, -0.05) is 20.8 Å². The van der Waals surface area contributed by atoms with E-state index in [0.717, 1.165) is 17.8 Å². The van der Waals surface area contributed by atoms with Crippen LogP contribution < -0.4 is 35.1 Å². The quantitative estimate of drug-likeness (QED) is 0.0987. The SMILES string of the molecule is CC(=O)CCC(=O)[O-].CC1CC[NH+](C)CC1.CC1CC[NH+](C)CC1.CC1CC[NH+](C)CC1.O=C([O-])/C=C/C(=O)O.O=C([O-])C(=O)O.O=C([O-])CCC(=O)O. The Bertz CT molecular complexity index is 961. The average Bonchev–Trinajstić information content (AvgIpc) is 3.07. The zero-order valence-corrected chi connectivity index (χ0v) is 32.9. The molecular weight excluding hydrogens is 714 g/mol.